The number of halogens is 2. The number of anilines is 1. The molecule has 0 aliphatic carbocycles. The summed E-state index contributed by atoms with van der Waals surface area (Å²) in [7, 11) is 0. The van der Waals surface area contributed by atoms with Gasteiger partial charge < -0.3 is 10.4 Å². The molecule has 122 valence electrons. The number of phenols is 1. The molecule has 2 aromatic rings. The number of aryl methyl sites for hydroxylation is 2. The topological polar surface area (TPSA) is 73.1 Å². The van der Waals surface area contributed by atoms with Crippen molar-refractivity contribution in [1.82, 2.24) is 0 Å². The van der Waals surface area contributed by atoms with Crippen molar-refractivity contribution in [3.63, 3.8) is 0 Å². The van der Waals surface area contributed by atoms with E-state index in [0.717, 1.165) is 11.1 Å². The molecule has 24 heavy (non-hydrogen) atoms. The van der Waals surface area contributed by atoms with E-state index in [9.17, 15) is 15.2 Å². The number of hydrogen-bond acceptors (Lipinski definition) is 3. The van der Waals surface area contributed by atoms with E-state index in [4.69, 9.17) is 23.2 Å². The SMILES string of the molecule is Cc1ccc(C)c(NC(=O)C(C#N)=Cc2cc(Cl)c(O)c(Cl)c2)c1. The maximum absolute atomic E-state index is 12.3. The molecule has 0 aliphatic rings. The van der Waals surface area contributed by atoms with Crippen LogP contribution in [0.2, 0.25) is 10.0 Å². The molecule has 2 N–H and O–H groups in total. The lowest BCUT2D eigenvalue weighted by Crippen LogP contribution is -2.14. The van der Waals surface area contributed by atoms with Crippen LogP contribution in [-0.2, 0) is 4.79 Å². The Morgan fingerprint density at radius 1 is 1.21 bits per heavy atom. The van der Waals surface area contributed by atoms with Gasteiger partial charge >= 0.3 is 0 Å². The predicted molar refractivity (Wildman–Crippen MR) is 96.3 cm³/mol. The van der Waals surface area contributed by atoms with E-state index < -0.39 is 5.91 Å². The van der Waals surface area contributed by atoms with Gasteiger partial charge in [0, 0.05) is 5.69 Å². The van der Waals surface area contributed by atoms with Crippen LogP contribution < -0.4 is 5.32 Å². The van der Waals surface area contributed by atoms with Gasteiger partial charge in [0.25, 0.3) is 5.91 Å². The normalized spacial score (nSPS) is 11.0. The Morgan fingerprint density at radius 2 is 1.83 bits per heavy atom. The van der Waals surface area contributed by atoms with Crippen molar-refractivity contribution in [3.05, 3.63) is 62.6 Å². The molecule has 4 nitrogen and oxygen atoms in total. The molecule has 0 saturated carbocycles. The van der Waals surface area contributed by atoms with Gasteiger partial charge in [-0.3, -0.25) is 4.79 Å². The highest BCUT2D eigenvalue weighted by molar-refractivity contribution is 6.37. The van der Waals surface area contributed by atoms with Crippen molar-refractivity contribution in [2.45, 2.75) is 13.8 Å². The fourth-order valence-corrected chi connectivity index (χ4v) is 2.55. The van der Waals surface area contributed by atoms with E-state index in [1.807, 2.05) is 38.1 Å². The summed E-state index contributed by atoms with van der Waals surface area (Å²) in [6.07, 6.45) is 1.36. The Labute approximate surface area is 149 Å². The van der Waals surface area contributed by atoms with Gasteiger partial charge in [-0.05, 0) is 54.8 Å². The number of phenolic OH excluding ortho intramolecular Hbond substituents is 1. The first-order valence-corrected chi connectivity index (χ1v) is 7.76. The third kappa shape index (κ3) is 4.08. The van der Waals surface area contributed by atoms with Crippen LogP contribution >= 0.6 is 23.2 Å². The molecule has 0 unspecified atom stereocenters. The quantitative estimate of drug-likeness (QED) is 0.606. The fraction of sp³-hybridized carbons (Fsp3) is 0.111. The molecule has 0 aromatic heterocycles. The number of hydrogen-bond donors (Lipinski definition) is 2. The van der Waals surface area contributed by atoms with E-state index >= 15 is 0 Å². The van der Waals surface area contributed by atoms with Crippen LogP contribution in [0.25, 0.3) is 6.08 Å². The molecule has 6 heteroatoms. The number of carbonyl (C=O) groups is 1. The standard InChI is InChI=1S/C18H14Cl2N2O2/c1-10-3-4-11(2)16(5-10)22-18(24)13(9-21)6-12-7-14(19)17(23)15(20)8-12/h3-8,23H,1-2H3,(H,22,24). The van der Waals surface area contributed by atoms with Gasteiger partial charge in [-0.15, -0.1) is 0 Å². The van der Waals surface area contributed by atoms with Crippen LogP contribution in [0.3, 0.4) is 0 Å². The van der Waals surface area contributed by atoms with Gasteiger partial charge in [0.1, 0.15) is 11.6 Å². The molecule has 0 heterocycles. The first kappa shape index (κ1) is 17.9. The van der Waals surface area contributed by atoms with Crippen molar-refractivity contribution in [3.8, 4) is 11.8 Å². The van der Waals surface area contributed by atoms with Crippen LogP contribution in [-0.4, -0.2) is 11.0 Å². The van der Waals surface area contributed by atoms with E-state index in [1.54, 1.807) is 0 Å². The number of amides is 1. The zero-order chi connectivity index (χ0) is 17.9. The van der Waals surface area contributed by atoms with Crippen LogP contribution in [0.1, 0.15) is 16.7 Å². The third-order valence-electron chi connectivity index (χ3n) is 3.36. The van der Waals surface area contributed by atoms with E-state index in [2.05, 4.69) is 5.32 Å². The van der Waals surface area contributed by atoms with Crippen molar-refractivity contribution in [2.24, 2.45) is 0 Å². The summed E-state index contributed by atoms with van der Waals surface area (Å²) in [6, 6.07) is 10.4. The van der Waals surface area contributed by atoms with Gasteiger partial charge in [-0.25, -0.2) is 0 Å². The molecule has 0 bridgehead atoms. The summed E-state index contributed by atoms with van der Waals surface area (Å²) < 4.78 is 0. The third-order valence-corrected chi connectivity index (χ3v) is 3.93. The van der Waals surface area contributed by atoms with Crippen molar-refractivity contribution in [1.29, 1.82) is 5.26 Å². The zero-order valence-corrected chi connectivity index (χ0v) is 14.5. The average Bonchev–Trinajstić information content (AvgIpc) is 2.53. The Kier molecular flexibility index (Phi) is 5.50. The second-order valence-corrected chi connectivity index (χ2v) is 6.09. The van der Waals surface area contributed by atoms with E-state index in [-0.39, 0.29) is 21.4 Å². The molecule has 0 atom stereocenters. The number of rotatable bonds is 3. The average molecular weight is 361 g/mol. The summed E-state index contributed by atoms with van der Waals surface area (Å²) in [4.78, 5) is 12.3. The summed E-state index contributed by atoms with van der Waals surface area (Å²) >= 11 is 11.7. The lowest BCUT2D eigenvalue weighted by molar-refractivity contribution is -0.112. The van der Waals surface area contributed by atoms with Crippen LogP contribution in [0.5, 0.6) is 5.75 Å². The predicted octanol–water partition coefficient (Wildman–Crippen LogP) is 4.86. The highest BCUT2D eigenvalue weighted by atomic mass is 35.5. The van der Waals surface area contributed by atoms with Crippen LogP contribution in [0.4, 0.5) is 5.69 Å². The minimum absolute atomic E-state index is 0.0426. The van der Waals surface area contributed by atoms with Crippen molar-refractivity contribution in [2.75, 3.05) is 5.32 Å². The number of benzene rings is 2. The highest BCUT2D eigenvalue weighted by Gasteiger charge is 2.12. The first-order chi connectivity index (χ1) is 11.3. The van der Waals surface area contributed by atoms with Gasteiger partial charge in [0.2, 0.25) is 0 Å². The van der Waals surface area contributed by atoms with Crippen LogP contribution in [0, 0.1) is 25.2 Å². The van der Waals surface area contributed by atoms with Gasteiger partial charge in [0.05, 0.1) is 10.0 Å². The van der Waals surface area contributed by atoms with Gasteiger partial charge in [-0.2, -0.15) is 5.26 Å². The molecule has 0 saturated heterocycles. The smallest absolute Gasteiger partial charge is 0.266 e. The maximum atomic E-state index is 12.3. The Morgan fingerprint density at radius 3 is 2.42 bits per heavy atom. The van der Waals surface area contributed by atoms with Gasteiger partial charge in [0.15, 0.2) is 5.75 Å². The summed E-state index contributed by atoms with van der Waals surface area (Å²) in [5, 5.41) is 21.6. The van der Waals surface area contributed by atoms with Crippen molar-refractivity contribution < 1.29 is 9.90 Å². The molecule has 0 radical (unpaired) electrons. The van der Waals surface area contributed by atoms with Crippen molar-refractivity contribution >= 4 is 40.9 Å². The van der Waals surface area contributed by atoms with Crippen LogP contribution in [0.15, 0.2) is 35.9 Å². The Balaban J connectivity index is 2.32. The molecular formula is C18H14Cl2N2O2. The van der Waals surface area contributed by atoms with E-state index in [1.165, 1.54) is 18.2 Å². The fourth-order valence-electron chi connectivity index (χ4n) is 2.04. The summed E-state index contributed by atoms with van der Waals surface area (Å²) in [5.41, 5.74) is 2.87. The number of nitrogens with one attached hydrogen (secondary N) is 1. The van der Waals surface area contributed by atoms with E-state index in [0.29, 0.717) is 11.3 Å². The Hall–Kier alpha value is -2.48. The minimum Gasteiger partial charge on any atom is -0.505 e. The maximum Gasteiger partial charge on any atom is 0.266 e. The first-order valence-electron chi connectivity index (χ1n) is 7.00. The number of aromatic hydroxyl groups is 1. The monoisotopic (exact) mass is 360 g/mol. The summed E-state index contributed by atoms with van der Waals surface area (Å²) in [6.45, 7) is 3.78. The second kappa shape index (κ2) is 7.39. The number of carbonyl (C=O) groups excluding carboxylic acids is 1. The molecule has 0 spiro atoms. The number of nitrogens with zero attached hydrogens (tertiary/aromatic N) is 1. The molecule has 2 rings (SSSR count). The Bertz CT molecular complexity index is 860. The second-order valence-electron chi connectivity index (χ2n) is 5.28. The zero-order valence-electron chi connectivity index (χ0n) is 13.0. The summed E-state index contributed by atoms with van der Waals surface area (Å²) in [5.74, 6) is -0.777. The molecule has 0 aliphatic heterocycles. The largest absolute Gasteiger partial charge is 0.505 e. The molecule has 0 fully saturated rings. The number of nitriles is 1. The van der Waals surface area contributed by atoms with Gasteiger partial charge in [-0.1, -0.05) is 35.3 Å². The lowest BCUT2D eigenvalue weighted by Gasteiger charge is -2.09. The minimum atomic E-state index is -0.536. The highest BCUT2D eigenvalue weighted by Crippen LogP contribution is 2.33. The molecule has 2 aromatic carbocycles. The molecular weight excluding hydrogens is 347 g/mol. The molecule has 1 amide bonds. The lowest BCUT2D eigenvalue weighted by atomic mass is 10.1.